The van der Waals surface area contributed by atoms with E-state index in [-0.39, 0.29) is 0 Å². The van der Waals surface area contributed by atoms with Crippen LogP contribution in [0.25, 0.3) is 0 Å². The van der Waals surface area contributed by atoms with Gasteiger partial charge in [0.05, 0.1) is 17.7 Å². The normalized spacial score (nSPS) is 24.4. The Morgan fingerprint density at radius 2 is 1.51 bits per heavy atom. The van der Waals surface area contributed by atoms with E-state index >= 15 is 0 Å². The fraction of sp³-hybridized carbons (Fsp3) is 0.545. The first-order chi connectivity index (χ1) is 17.2. The Hall–Kier alpha value is -2.35. The van der Waals surface area contributed by atoms with E-state index in [1.807, 2.05) is 0 Å². The molecule has 2 atom stereocenters. The lowest BCUT2D eigenvalue weighted by Crippen LogP contribution is -2.36. The fourth-order valence-electron chi connectivity index (χ4n) is 6.27. The average molecular weight is 471 g/mol. The molecule has 1 saturated carbocycles. The van der Waals surface area contributed by atoms with Crippen molar-refractivity contribution in [3.63, 3.8) is 0 Å². The van der Waals surface area contributed by atoms with Crippen molar-refractivity contribution in [3.8, 4) is 0 Å². The highest BCUT2D eigenvalue weighted by molar-refractivity contribution is 6.06. The molecule has 1 aliphatic heterocycles. The van der Waals surface area contributed by atoms with Crippen molar-refractivity contribution in [2.45, 2.75) is 96.4 Å². The summed E-state index contributed by atoms with van der Waals surface area (Å²) in [4.78, 5) is 0. The molecule has 0 saturated heterocycles. The Kier molecular flexibility index (Phi) is 9.63. The molecule has 188 valence electrons. The molecule has 2 unspecified atom stereocenters. The van der Waals surface area contributed by atoms with Crippen molar-refractivity contribution in [1.82, 2.24) is 5.01 Å². The molecule has 0 aromatic heterocycles. The van der Waals surface area contributed by atoms with E-state index in [4.69, 9.17) is 5.10 Å². The van der Waals surface area contributed by atoms with E-state index in [1.54, 1.807) is 0 Å². The lowest BCUT2D eigenvalue weighted by molar-refractivity contribution is 0.141. The summed E-state index contributed by atoms with van der Waals surface area (Å²) in [7, 11) is 0. The van der Waals surface area contributed by atoms with Crippen molar-refractivity contribution in [2.24, 2.45) is 16.9 Å². The van der Waals surface area contributed by atoms with Crippen LogP contribution in [0.2, 0.25) is 0 Å². The summed E-state index contributed by atoms with van der Waals surface area (Å²) in [5, 5.41) is 7.93. The predicted molar refractivity (Wildman–Crippen MR) is 151 cm³/mol. The van der Waals surface area contributed by atoms with Gasteiger partial charge < -0.3 is 0 Å². The maximum absolute atomic E-state index is 5.40. The summed E-state index contributed by atoms with van der Waals surface area (Å²) in [6.07, 6.45) is 14.5. The number of hydrogen-bond acceptors (Lipinski definition) is 2. The van der Waals surface area contributed by atoms with Crippen LogP contribution in [0.3, 0.4) is 0 Å². The van der Waals surface area contributed by atoms with Gasteiger partial charge in [0.2, 0.25) is 0 Å². The van der Waals surface area contributed by atoms with Crippen LogP contribution in [0.5, 0.6) is 0 Å². The second-order valence-corrected chi connectivity index (χ2v) is 11.2. The van der Waals surface area contributed by atoms with Gasteiger partial charge in [0, 0.05) is 6.54 Å². The Bertz CT molecular complexity index is 924. The number of nitrogens with zero attached hydrogens (tertiary/aromatic N) is 2. The highest BCUT2D eigenvalue weighted by Gasteiger charge is 2.39. The van der Waals surface area contributed by atoms with E-state index in [1.165, 1.54) is 93.0 Å². The molecule has 35 heavy (non-hydrogen) atoms. The first-order valence-corrected chi connectivity index (χ1v) is 14.3. The second-order valence-electron chi connectivity index (χ2n) is 11.2. The van der Waals surface area contributed by atoms with Crippen molar-refractivity contribution >= 4 is 5.71 Å². The Labute approximate surface area is 214 Å². The van der Waals surface area contributed by atoms with Gasteiger partial charge in [0.15, 0.2) is 0 Å². The minimum Gasteiger partial charge on any atom is -0.292 e. The minimum absolute atomic E-state index is 0.355. The van der Waals surface area contributed by atoms with Crippen LogP contribution in [0.4, 0.5) is 0 Å². The maximum atomic E-state index is 5.40. The molecule has 1 fully saturated rings. The first kappa shape index (κ1) is 25.7. The van der Waals surface area contributed by atoms with Crippen molar-refractivity contribution in [2.75, 3.05) is 6.54 Å². The van der Waals surface area contributed by atoms with E-state index in [0.29, 0.717) is 12.0 Å². The summed E-state index contributed by atoms with van der Waals surface area (Å²) in [6.45, 7) is 9.67. The first-order valence-electron chi connectivity index (χ1n) is 14.3. The molecule has 4 rings (SSSR count). The second kappa shape index (κ2) is 13.1. The van der Waals surface area contributed by atoms with Crippen LogP contribution >= 0.6 is 0 Å². The van der Waals surface area contributed by atoms with Crippen LogP contribution in [-0.2, 0) is 0 Å². The molecule has 0 spiro atoms. The molecule has 0 amide bonds. The largest absolute Gasteiger partial charge is 0.292 e. The quantitative estimate of drug-likeness (QED) is 0.223. The molecular weight excluding hydrogens is 424 g/mol. The monoisotopic (exact) mass is 470 g/mol. The smallest absolute Gasteiger partial charge is 0.0773 e. The molecule has 0 bridgehead atoms. The number of unbranched alkanes of at least 4 members (excludes halogenated alkanes) is 2. The zero-order valence-corrected chi connectivity index (χ0v) is 22.2. The van der Waals surface area contributed by atoms with E-state index in [0.717, 1.165) is 18.4 Å². The van der Waals surface area contributed by atoms with E-state index < -0.39 is 0 Å². The highest BCUT2D eigenvalue weighted by atomic mass is 15.5. The van der Waals surface area contributed by atoms with Crippen LogP contribution in [0.15, 0.2) is 77.9 Å². The lowest BCUT2D eigenvalue weighted by atomic mass is 9.79. The van der Waals surface area contributed by atoms with Crippen molar-refractivity contribution in [3.05, 3.63) is 83.9 Å². The highest BCUT2D eigenvalue weighted by Crippen LogP contribution is 2.39. The van der Waals surface area contributed by atoms with Gasteiger partial charge in [0.1, 0.15) is 0 Å². The van der Waals surface area contributed by atoms with E-state index in [2.05, 4.69) is 86.1 Å². The fourth-order valence-corrected chi connectivity index (χ4v) is 6.27. The van der Waals surface area contributed by atoms with Gasteiger partial charge in [-0.1, -0.05) is 112 Å². The molecule has 1 heterocycles. The Morgan fingerprint density at radius 3 is 2.17 bits per heavy atom. The summed E-state index contributed by atoms with van der Waals surface area (Å²) in [5.74, 6) is 2.05. The summed E-state index contributed by atoms with van der Waals surface area (Å²) in [6, 6.07) is 22.5. The maximum Gasteiger partial charge on any atom is 0.0773 e. The van der Waals surface area contributed by atoms with Gasteiger partial charge in [0.25, 0.3) is 0 Å². The number of hydrogen-bond donors (Lipinski definition) is 0. The average Bonchev–Trinajstić information content (AvgIpc) is 3.24. The number of rotatable bonds is 12. The standard InChI is InChI=1S/C33H46N2/c1-4-5-8-20-31-32(29-16-9-6-10-17-29)33(30-18-11-7-12-19-30)34-35(31)25-28-23-21-27(22-24-28)15-13-14-26(2)3/h6-7,9-12,16-19,27-28,31-32H,2,4-5,8,13-15,20-25H2,1,3H3. The summed E-state index contributed by atoms with van der Waals surface area (Å²) in [5.41, 5.74) is 5.31. The van der Waals surface area contributed by atoms with Gasteiger partial charge >= 0.3 is 0 Å². The SMILES string of the molecule is C=C(C)CCCC1CCC(CN2N=C(c3ccccc3)C(c3ccccc3)C2CCCCC)CC1. The van der Waals surface area contributed by atoms with Crippen molar-refractivity contribution < 1.29 is 0 Å². The molecule has 1 aliphatic carbocycles. The van der Waals surface area contributed by atoms with Crippen LogP contribution < -0.4 is 0 Å². The predicted octanol–water partition coefficient (Wildman–Crippen LogP) is 8.99. The van der Waals surface area contributed by atoms with Gasteiger partial charge in [-0.3, -0.25) is 5.01 Å². The zero-order chi connectivity index (χ0) is 24.5. The summed E-state index contributed by atoms with van der Waals surface area (Å²) >= 11 is 0. The Balaban J connectivity index is 1.49. The number of benzene rings is 2. The third kappa shape index (κ3) is 7.09. The molecule has 2 aliphatic rings. The van der Waals surface area contributed by atoms with Gasteiger partial charge in [-0.05, 0) is 62.0 Å². The lowest BCUT2D eigenvalue weighted by Gasteiger charge is -2.34. The van der Waals surface area contributed by atoms with Crippen molar-refractivity contribution in [1.29, 1.82) is 0 Å². The molecule has 2 aromatic rings. The van der Waals surface area contributed by atoms with Crippen LogP contribution in [-0.4, -0.2) is 23.3 Å². The number of hydrazone groups is 1. The topological polar surface area (TPSA) is 15.6 Å². The molecule has 2 aromatic carbocycles. The molecule has 0 radical (unpaired) electrons. The van der Waals surface area contributed by atoms with Gasteiger partial charge in [-0.25, -0.2) is 0 Å². The minimum atomic E-state index is 0.355. The van der Waals surface area contributed by atoms with Crippen LogP contribution in [0.1, 0.15) is 102 Å². The van der Waals surface area contributed by atoms with Crippen LogP contribution in [0, 0.1) is 11.8 Å². The third-order valence-corrected chi connectivity index (χ3v) is 8.26. The summed E-state index contributed by atoms with van der Waals surface area (Å²) < 4.78 is 0. The van der Waals surface area contributed by atoms with E-state index in [9.17, 15) is 0 Å². The molecule has 2 heteroatoms. The third-order valence-electron chi connectivity index (χ3n) is 8.26. The van der Waals surface area contributed by atoms with Gasteiger partial charge in [-0.2, -0.15) is 5.10 Å². The van der Waals surface area contributed by atoms with Gasteiger partial charge in [-0.15, -0.1) is 6.58 Å². The zero-order valence-electron chi connectivity index (χ0n) is 22.2. The molecular formula is C33H46N2. The number of allylic oxidation sites excluding steroid dienone is 1. The Morgan fingerprint density at radius 1 is 0.857 bits per heavy atom. The molecule has 0 N–H and O–H groups in total. The molecule has 2 nitrogen and oxygen atoms in total.